The van der Waals surface area contributed by atoms with Crippen molar-refractivity contribution in [2.24, 2.45) is 13.0 Å². The summed E-state index contributed by atoms with van der Waals surface area (Å²) in [5.74, 6) is 1.87. The van der Waals surface area contributed by atoms with E-state index in [1.807, 2.05) is 14.0 Å². The predicted molar refractivity (Wildman–Crippen MR) is 91.7 cm³/mol. The second-order valence-electron chi connectivity index (χ2n) is 5.83. The van der Waals surface area contributed by atoms with Crippen LogP contribution in [-0.2, 0) is 20.1 Å². The minimum atomic E-state index is -0.126. The summed E-state index contributed by atoms with van der Waals surface area (Å²) in [6.07, 6.45) is 1.00. The summed E-state index contributed by atoms with van der Waals surface area (Å²) in [7, 11) is 1.85. The Kier molecular flexibility index (Phi) is 4.65. The number of hydrogen-bond acceptors (Lipinski definition) is 7. The topological polar surface area (TPSA) is 76.7 Å². The van der Waals surface area contributed by atoms with Crippen LogP contribution in [0.15, 0.2) is 15.6 Å². The molecule has 3 aromatic heterocycles. The minimum Gasteiger partial charge on any atom is -0.388 e. The van der Waals surface area contributed by atoms with Gasteiger partial charge in [0.25, 0.3) is 0 Å². The van der Waals surface area contributed by atoms with Gasteiger partial charge in [-0.15, -0.1) is 21.5 Å². The summed E-state index contributed by atoms with van der Waals surface area (Å²) in [6, 6.07) is 0. The normalized spacial score (nSPS) is 11.7. The highest BCUT2D eigenvalue weighted by Crippen LogP contribution is 2.36. The zero-order chi connectivity index (χ0) is 16.6. The molecular formula is C15H19N5OS2. The molecule has 3 heterocycles. The van der Waals surface area contributed by atoms with Crippen LogP contribution in [0.1, 0.15) is 31.1 Å². The molecule has 23 heavy (non-hydrogen) atoms. The molecular weight excluding hydrogens is 330 g/mol. The molecule has 0 unspecified atom stereocenters. The van der Waals surface area contributed by atoms with Gasteiger partial charge in [0.1, 0.15) is 22.3 Å². The number of rotatable bonds is 5. The van der Waals surface area contributed by atoms with Gasteiger partial charge in [-0.05, 0) is 42.0 Å². The van der Waals surface area contributed by atoms with Crippen molar-refractivity contribution in [2.75, 3.05) is 0 Å². The second kappa shape index (κ2) is 6.54. The summed E-state index contributed by atoms with van der Waals surface area (Å²) in [4.78, 5) is 10.2. The standard InChI is InChI=1S/C15H19N5OS2/c1-8(2)5-10-7-22-13-12(10)14(17-9(3)16-13)23-15-19-18-11(6-21)20(15)4/h7-8,21H,5-6H2,1-4H3. The van der Waals surface area contributed by atoms with Crippen molar-refractivity contribution in [1.29, 1.82) is 0 Å². The van der Waals surface area contributed by atoms with Crippen LogP contribution in [0.5, 0.6) is 0 Å². The van der Waals surface area contributed by atoms with E-state index in [2.05, 4.69) is 39.4 Å². The molecule has 0 aliphatic heterocycles. The predicted octanol–water partition coefficient (Wildman–Crippen LogP) is 2.97. The molecule has 0 aliphatic rings. The third-order valence-corrected chi connectivity index (χ3v) is 5.42. The molecule has 122 valence electrons. The number of thiophene rings is 1. The molecule has 0 atom stereocenters. The van der Waals surface area contributed by atoms with Crippen molar-refractivity contribution >= 4 is 33.3 Å². The third kappa shape index (κ3) is 3.24. The summed E-state index contributed by atoms with van der Waals surface area (Å²) in [6.45, 7) is 6.20. The zero-order valence-corrected chi connectivity index (χ0v) is 15.2. The quantitative estimate of drug-likeness (QED) is 0.714. The van der Waals surface area contributed by atoms with E-state index in [-0.39, 0.29) is 6.61 Å². The lowest BCUT2D eigenvalue weighted by atomic mass is 10.0. The minimum absolute atomic E-state index is 0.126. The molecule has 1 N–H and O–H groups in total. The fourth-order valence-electron chi connectivity index (χ4n) is 2.39. The van der Waals surface area contributed by atoms with Crippen molar-refractivity contribution < 1.29 is 5.11 Å². The van der Waals surface area contributed by atoms with Gasteiger partial charge >= 0.3 is 0 Å². The van der Waals surface area contributed by atoms with Gasteiger partial charge < -0.3 is 9.67 Å². The van der Waals surface area contributed by atoms with Crippen molar-refractivity contribution in [3.63, 3.8) is 0 Å². The Morgan fingerprint density at radius 1 is 1.30 bits per heavy atom. The Morgan fingerprint density at radius 3 is 2.74 bits per heavy atom. The lowest BCUT2D eigenvalue weighted by Gasteiger charge is -2.08. The molecule has 0 radical (unpaired) electrons. The van der Waals surface area contributed by atoms with E-state index in [0.29, 0.717) is 11.7 Å². The van der Waals surface area contributed by atoms with E-state index in [9.17, 15) is 5.11 Å². The molecule has 0 aromatic carbocycles. The van der Waals surface area contributed by atoms with Gasteiger partial charge in [-0.1, -0.05) is 13.8 Å². The van der Waals surface area contributed by atoms with E-state index in [4.69, 9.17) is 0 Å². The van der Waals surface area contributed by atoms with Crippen LogP contribution in [0.3, 0.4) is 0 Å². The number of aliphatic hydroxyl groups is 1. The van der Waals surface area contributed by atoms with Crippen LogP contribution in [-0.4, -0.2) is 29.8 Å². The molecule has 0 spiro atoms. The Morgan fingerprint density at radius 2 is 2.09 bits per heavy atom. The Labute approximate surface area is 143 Å². The third-order valence-electron chi connectivity index (χ3n) is 3.47. The summed E-state index contributed by atoms with van der Waals surface area (Å²) in [5, 5.41) is 22.3. The molecule has 3 rings (SSSR count). The second-order valence-corrected chi connectivity index (χ2v) is 7.65. The van der Waals surface area contributed by atoms with Crippen molar-refractivity contribution in [2.45, 2.75) is 44.0 Å². The SMILES string of the molecule is Cc1nc(Sc2nnc(CO)n2C)c2c(CC(C)C)csc2n1. The molecule has 0 aliphatic carbocycles. The van der Waals surface area contributed by atoms with E-state index >= 15 is 0 Å². The van der Waals surface area contributed by atoms with Gasteiger partial charge in [0.15, 0.2) is 11.0 Å². The van der Waals surface area contributed by atoms with Gasteiger partial charge in [0, 0.05) is 12.4 Å². The lowest BCUT2D eigenvalue weighted by Crippen LogP contribution is -2.00. The highest BCUT2D eigenvalue weighted by atomic mass is 32.2. The van der Waals surface area contributed by atoms with Crippen molar-refractivity contribution in [3.05, 3.63) is 22.6 Å². The first-order chi connectivity index (χ1) is 11.0. The number of aryl methyl sites for hydroxylation is 1. The smallest absolute Gasteiger partial charge is 0.197 e. The average molecular weight is 349 g/mol. The molecule has 0 fully saturated rings. The fourth-order valence-corrected chi connectivity index (χ4v) is 4.46. The molecule has 0 amide bonds. The van der Waals surface area contributed by atoms with E-state index in [1.54, 1.807) is 15.9 Å². The first-order valence-corrected chi connectivity index (χ1v) is 9.11. The van der Waals surface area contributed by atoms with Crippen LogP contribution < -0.4 is 0 Å². The number of nitrogens with zero attached hydrogens (tertiary/aromatic N) is 5. The number of aromatic nitrogens is 5. The molecule has 8 heteroatoms. The Bertz CT molecular complexity index is 840. The zero-order valence-electron chi connectivity index (χ0n) is 13.6. The highest BCUT2D eigenvalue weighted by molar-refractivity contribution is 7.99. The molecule has 0 saturated carbocycles. The van der Waals surface area contributed by atoms with E-state index < -0.39 is 0 Å². The maximum atomic E-state index is 9.27. The van der Waals surface area contributed by atoms with Crippen LogP contribution in [0.4, 0.5) is 0 Å². The summed E-state index contributed by atoms with van der Waals surface area (Å²) in [5.41, 5.74) is 1.28. The van der Waals surface area contributed by atoms with E-state index in [0.717, 1.165) is 32.6 Å². The number of hydrogen-bond donors (Lipinski definition) is 1. The molecule has 0 saturated heterocycles. The largest absolute Gasteiger partial charge is 0.388 e. The molecule has 6 nitrogen and oxygen atoms in total. The van der Waals surface area contributed by atoms with Crippen LogP contribution in [0.2, 0.25) is 0 Å². The summed E-state index contributed by atoms with van der Waals surface area (Å²) < 4.78 is 1.79. The van der Waals surface area contributed by atoms with Crippen LogP contribution in [0.25, 0.3) is 10.2 Å². The van der Waals surface area contributed by atoms with Crippen LogP contribution >= 0.6 is 23.1 Å². The molecule has 0 bridgehead atoms. The number of fused-ring (bicyclic) bond motifs is 1. The monoisotopic (exact) mass is 349 g/mol. The first kappa shape index (κ1) is 16.4. The molecule has 3 aromatic rings. The average Bonchev–Trinajstić information content (AvgIpc) is 3.03. The fraction of sp³-hybridized carbons (Fsp3) is 0.467. The Balaban J connectivity index is 2.07. The van der Waals surface area contributed by atoms with Gasteiger partial charge in [-0.25, -0.2) is 9.97 Å². The van der Waals surface area contributed by atoms with Crippen molar-refractivity contribution in [1.82, 2.24) is 24.7 Å². The van der Waals surface area contributed by atoms with Crippen molar-refractivity contribution in [3.8, 4) is 0 Å². The van der Waals surface area contributed by atoms with Gasteiger partial charge in [-0.2, -0.15) is 0 Å². The lowest BCUT2D eigenvalue weighted by molar-refractivity contribution is 0.266. The van der Waals surface area contributed by atoms with Gasteiger partial charge in [-0.3, -0.25) is 0 Å². The first-order valence-electron chi connectivity index (χ1n) is 7.41. The summed E-state index contributed by atoms with van der Waals surface area (Å²) >= 11 is 3.14. The van der Waals surface area contributed by atoms with Gasteiger partial charge in [0.05, 0.1) is 0 Å². The number of aliphatic hydroxyl groups excluding tert-OH is 1. The maximum Gasteiger partial charge on any atom is 0.197 e. The maximum absolute atomic E-state index is 9.27. The Hall–Kier alpha value is -1.51. The van der Waals surface area contributed by atoms with Crippen LogP contribution in [0, 0.1) is 12.8 Å². The van der Waals surface area contributed by atoms with E-state index in [1.165, 1.54) is 17.3 Å². The highest BCUT2D eigenvalue weighted by Gasteiger charge is 2.17. The van der Waals surface area contributed by atoms with Gasteiger partial charge in [0.2, 0.25) is 0 Å².